The molecule has 5 nitrogen and oxygen atoms in total. The summed E-state index contributed by atoms with van der Waals surface area (Å²) in [6, 6.07) is 3.96. The zero-order valence-electron chi connectivity index (χ0n) is 11.5. The summed E-state index contributed by atoms with van der Waals surface area (Å²) in [5.41, 5.74) is 1.06. The Morgan fingerprint density at radius 1 is 1.35 bits per heavy atom. The van der Waals surface area contributed by atoms with E-state index in [-0.39, 0.29) is 11.6 Å². The van der Waals surface area contributed by atoms with Crippen LogP contribution in [0.15, 0.2) is 28.5 Å². The molecule has 0 amide bonds. The van der Waals surface area contributed by atoms with Gasteiger partial charge in [0, 0.05) is 23.7 Å². The summed E-state index contributed by atoms with van der Waals surface area (Å²) in [4.78, 5) is 16.2. The van der Waals surface area contributed by atoms with E-state index in [4.69, 9.17) is 0 Å². The highest BCUT2D eigenvalue weighted by molar-refractivity contribution is 7.13. The normalized spacial score (nSPS) is 22.6. The number of hydrogen-bond donors (Lipinski definition) is 1. The molecule has 0 aliphatic heterocycles. The molecule has 1 aliphatic rings. The van der Waals surface area contributed by atoms with Gasteiger partial charge in [-0.25, -0.2) is 9.67 Å². The summed E-state index contributed by atoms with van der Waals surface area (Å²) in [5.74, 6) is 0. The molecule has 1 aliphatic carbocycles. The lowest BCUT2D eigenvalue weighted by atomic mass is 9.91. The number of rotatable bonds is 3. The fourth-order valence-electron chi connectivity index (χ4n) is 2.70. The molecule has 1 saturated carbocycles. The van der Waals surface area contributed by atoms with Crippen molar-refractivity contribution in [2.75, 3.05) is 5.32 Å². The van der Waals surface area contributed by atoms with E-state index < -0.39 is 0 Å². The van der Waals surface area contributed by atoms with Crippen LogP contribution in [0.25, 0.3) is 0 Å². The summed E-state index contributed by atoms with van der Waals surface area (Å²) < 4.78 is 1.63. The highest BCUT2D eigenvalue weighted by Crippen LogP contribution is 2.29. The van der Waals surface area contributed by atoms with Gasteiger partial charge in [0.15, 0.2) is 5.13 Å². The number of hydrogen-bond acceptors (Lipinski definition) is 5. The molecule has 0 bridgehead atoms. The van der Waals surface area contributed by atoms with Crippen LogP contribution in [0.2, 0.25) is 0 Å². The van der Waals surface area contributed by atoms with Crippen LogP contribution in [0.3, 0.4) is 0 Å². The van der Waals surface area contributed by atoms with Crippen molar-refractivity contribution in [3.05, 3.63) is 39.8 Å². The largest absolute Gasteiger partial charge is 0.359 e. The Morgan fingerprint density at radius 2 is 2.15 bits per heavy atom. The van der Waals surface area contributed by atoms with Crippen molar-refractivity contribution < 1.29 is 0 Å². The Labute approximate surface area is 121 Å². The number of nitrogens with zero attached hydrogens (tertiary/aromatic N) is 3. The maximum Gasteiger partial charge on any atom is 0.266 e. The lowest BCUT2D eigenvalue weighted by molar-refractivity contribution is 0.303. The van der Waals surface area contributed by atoms with E-state index in [0.717, 1.165) is 36.5 Å². The third-order valence-electron chi connectivity index (χ3n) is 3.73. The summed E-state index contributed by atoms with van der Waals surface area (Å²) in [5, 5.41) is 10.7. The molecular weight excluding hydrogens is 272 g/mol. The Hall–Kier alpha value is -1.69. The Kier molecular flexibility index (Phi) is 3.82. The molecule has 3 rings (SSSR count). The highest BCUT2D eigenvalue weighted by atomic mass is 32.1. The van der Waals surface area contributed by atoms with E-state index in [0.29, 0.717) is 6.04 Å². The van der Waals surface area contributed by atoms with Crippen LogP contribution in [-0.2, 0) is 0 Å². The number of thiazole rings is 1. The average Bonchev–Trinajstić information content (AvgIpc) is 2.86. The minimum absolute atomic E-state index is 0.000502. The minimum Gasteiger partial charge on any atom is -0.359 e. The monoisotopic (exact) mass is 290 g/mol. The SMILES string of the molecule is Cc1csc(NC2CCC(n3ncccc3=O)CC2)n1. The van der Waals surface area contributed by atoms with Crippen molar-refractivity contribution in [1.29, 1.82) is 0 Å². The highest BCUT2D eigenvalue weighted by Gasteiger charge is 2.23. The van der Waals surface area contributed by atoms with Gasteiger partial charge in [0.25, 0.3) is 5.56 Å². The first-order chi connectivity index (χ1) is 9.72. The van der Waals surface area contributed by atoms with Crippen LogP contribution in [-0.4, -0.2) is 20.8 Å². The van der Waals surface area contributed by atoms with E-state index in [2.05, 4.69) is 20.8 Å². The van der Waals surface area contributed by atoms with Crippen molar-refractivity contribution in [1.82, 2.24) is 14.8 Å². The maximum atomic E-state index is 11.8. The molecule has 106 valence electrons. The number of aryl methyl sites for hydroxylation is 1. The molecule has 2 heterocycles. The summed E-state index contributed by atoms with van der Waals surface area (Å²) >= 11 is 1.65. The fraction of sp³-hybridized carbons (Fsp3) is 0.500. The molecule has 0 saturated heterocycles. The van der Waals surface area contributed by atoms with Crippen LogP contribution in [0.4, 0.5) is 5.13 Å². The molecule has 1 fully saturated rings. The van der Waals surface area contributed by atoms with Gasteiger partial charge in [0.2, 0.25) is 0 Å². The molecule has 20 heavy (non-hydrogen) atoms. The number of nitrogens with one attached hydrogen (secondary N) is 1. The van der Waals surface area contributed by atoms with Crippen molar-refractivity contribution in [3.8, 4) is 0 Å². The first-order valence-electron chi connectivity index (χ1n) is 6.95. The van der Waals surface area contributed by atoms with Crippen LogP contribution in [0.1, 0.15) is 37.4 Å². The van der Waals surface area contributed by atoms with Crippen LogP contribution in [0.5, 0.6) is 0 Å². The van der Waals surface area contributed by atoms with E-state index in [9.17, 15) is 4.79 Å². The lowest BCUT2D eigenvalue weighted by Crippen LogP contribution is -2.32. The van der Waals surface area contributed by atoms with Gasteiger partial charge in [-0.15, -0.1) is 11.3 Å². The van der Waals surface area contributed by atoms with E-state index in [1.807, 2.05) is 6.92 Å². The smallest absolute Gasteiger partial charge is 0.266 e. The zero-order chi connectivity index (χ0) is 13.9. The predicted molar refractivity (Wildman–Crippen MR) is 80.3 cm³/mol. The van der Waals surface area contributed by atoms with E-state index in [1.54, 1.807) is 34.3 Å². The van der Waals surface area contributed by atoms with Crippen LogP contribution < -0.4 is 10.9 Å². The summed E-state index contributed by atoms with van der Waals surface area (Å²) in [6.45, 7) is 2.01. The summed E-state index contributed by atoms with van der Waals surface area (Å²) in [6.07, 6.45) is 5.75. The van der Waals surface area contributed by atoms with Gasteiger partial charge in [0.1, 0.15) is 0 Å². The Balaban J connectivity index is 1.60. The Bertz CT molecular complexity index is 628. The van der Waals surface area contributed by atoms with Gasteiger partial charge >= 0.3 is 0 Å². The van der Waals surface area contributed by atoms with Gasteiger partial charge in [-0.1, -0.05) is 0 Å². The molecule has 6 heteroatoms. The van der Waals surface area contributed by atoms with Gasteiger partial charge in [-0.3, -0.25) is 4.79 Å². The minimum atomic E-state index is -0.000502. The van der Waals surface area contributed by atoms with Crippen molar-refractivity contribution in [2.45, 2.75) is 44.7 Å². The first-order valence-corrected chi connectivity index (χ1v) is 7.83. The molecule has 0 unspecified atom stereocenters. The van der Waals surface area contributed by atoms with Gasteiger partial charge in [0.05, 0.1) is 11.7 Å². The molecule has 0 spiro atoms. The van der Waals surface area contributed by atoms with Gasteiger partial charge in [-0.2, -0.15) is 5.10 Å². The third-order valence-corrected chi connectivity index (χ3v) is 4.62. The predicted octanol–water partition coefficient (Wildman–Crippen LogP) is 2.60. The van der Waals surface area contributed by atoms with Crippen molar-refractivity contribution in [3.63, 3.8) is 0 Å². The number of aromatic nitrogens is 3. The van der Waals surface area contributed by atoms with Crippen molar-refractivity contribution >= 4 is 16.5 Å². The van der Waals surface area contributed by atoms with Gasteiger partial charge in [-0.05, 0) is 38.7 Å². The number of anilines is 1. The second kappa shape index (κ2) is 5.75. The topological polar surface area (TPSA) is 59.8 Å². The average molecular weight is 290 g/mol. The Morgan fingerprint density at radius 3 is 2.80 bits per heavy atom. The van der Waals surface area contributed by atoms with Gasteiger partial charge < -0.3 is 5.32 Å². The van der Waals surface area contributed by atoms with E-state index >= 15 is 0 Å². The standard InChI is InChI=1S/C14H18N4OS/c1-10-9-20-14(16-10)17-11-4-6-12(7-5-11)18-13(19)3-2-8-15-18/h2-3,8-9,11-12H,4-7H2,1H3,(H,16,17). The molecule has 0 radical (unpaired) electrons. The summed E-state index contributed by atoms with van der Waals surface area (Å²) in [7, 11) is 0. The van der Waals surface area contributed by atoms with Crippen molar-refractivity contribution in [2.24, 2.45) is 0 Å². The third kappa shape index (κ3) is 2.90. The second-order valence-corrected chi connectivity index (χ2v) is 6.11. The first kappa shape index (κ1) is 13.3. The maximum absolute atomic E-state index is 11.8. The second-order valence-electron chi connectivity index (χ2n) is 5.25. The molecule has 1 N–H and O–H groups in total. The van der Waals surface area contributed by atoms with E-state index in [1.165, 1.54) is 0 Å². The zero-order valence-corrected chi connectivity index (χ0v) is 12.3. The molecular formula is C14H18N4OS. The molecule has 0 atom stereocenters. The van der Waals surface area contributed by atoms with Crippen LogP contribution in [0, 0.1) is 6.92 Å². The molecule has 0 aromatic carbocycles. The molecule has 2 aromatic rings. The fourth-order valence-corrected chi connectivity index (χ4v) is 3.47. The van der Waals surface area contributed by atoms with Crippen LogP contribution >= 0.6 is 11.3 Å². The molecule has 2 aromatic heterocycles. The quantitative estimate of drug-likeness (QED) is 0.944. The lowest BCUT2D eigenvalue weighted by Gasteiger charge is -2.29.